The van der Waals surface area contributed by atoms with Gasteiger partial charge in [-0.2, -0.15) is 5.10 Å². The standard InChI is InChI=1S/C15H19N3O/c1-3-16-11-13-10-14(12-8-6-5-7-9-12)17-18(4-2)15(13)19/h5-10,16H,3-4,11H2,1-2H3. The minimum atomic E-state index is -0.0110. The number of nitrogens with zero attached hydrogens (tertiary/aromatic N) is 2. The molecule has 0 fully saturated rings. The van der Waals surface area contributed by atoms with Gasteiger partial charge in [-0.05, 0) is 19.5 Å². The van der Waals surface area contributed by atoms with Gasteiger partial charge in [0.1, 0.15) is 0 Å². The van der Waals surface area contributed by atoms with Gasteiger partial charge < -0.3 is 5.32 Å². The molecule has 0 amide bonds. The van der Waals surface area contributed by atoms with Crippen LogP contribution in [0.3, 0.4) is 0 Å². The van der Waals surface area contributed by atoms with Crippen LogP contribution < -0.4 is 10.9 Å². The molecule has 0 atom stereocenters. The lowest BCUT2D eigenvalue weighted by Gasteiger charge is -2.09. The van der Waals surface area contributed by atoms with Gasteiger partial charge in [-0.1, -0.05) is 37.3 Å². The molecule has 0 saturated heterocycles. The van der Waals surface area contributed by atoms with Crippen LogP contribution in [-0.4, -0.2) is 16.3 Å². The monoisotopic (exact) mass is 257 g/mol. The number of hydrogen-bond acceptors (Lipinski definition) is 3. The molecule has 0 aliphatic rings. The van der Waals surface area contributed by atoms with Crippen LogP contribution in [0.5, 0.6) is 0 Å². The first-order chi connectivity index (χ1) is 9.26. The van der Waals surface area contributed by atoms with E-state index in [9.17, 15) is 4.79 Å². The van der Waals surface area contributed by atoms with E-state index < -0.39 is 0 Å². The van der Waals surface area contributed by atoms with Crippen LogP contribution in [0.25, 0.3) is 11.3 Å². The van der Waals surface area contributed by atoms with E-state index in [1.807, 2.05) is 50.2 Å². The first-order valence-corrected chi connectivity index (χ1v) is 6.63. The van der Waals surface area contributed by atoms with Crippen molar-refractivity contribution in [1.82, 2.24) is 15.1 Å². The van der Waals surface area contributed by atoms with E-state index in [4.69, 9.17) is 0 Å². The molecule has 0 bridgehead atoms. The van der Waals surface area contributed by atoms with Crippen molar-refractivity contribution in [1.29, 1.82) is 0 Å². The number of nitrogens with one attached hydrogen (secondary N) is 1. The summed E-state index contributed by atoms with van der Waals surface area (Å²) in [6.07, 6.45) is 0. The van der Waals surface area contributed by atoms with E-state index in [-0.39, 0.29) is 5.56 Å². The molecule has 0 unspecified atom stereocenters. The van der Waals surface area contributed by atoms with Crippen LogP contribution >= 0.6 is 0 Å². The van der Waals surface area contributed by atoms with Crippen molar-refractivity contribution < 1.29 is 0 Å². The van der Waals surface area contributed by atoms with E-state index >= 15 is 0 Å². The van der Waals surface area contributed by atoms with Crippen LogP contribution in [0, 0.1) is 0 Å². The van der Waals surface area contributed by atoms with Gasteiger partial charge in [0, 0.05) is 24.2 Å². The smallest absolute Gasteiger partial charge is 0.271 e. The molecule has 0 saturated carbocycles. The molecule has 0 radical (unpaired) electrons. The minimum absolute atomic E-state index is 0.0110. The van der Waals surface area contributed by atoms with Crippen LogP contribution in [0.1, 0.15) is 19.4 Å². The number of aryl methyl sites for hydroxylation is 1. The lowest BCUT2D eigenvalue weighted by Crippen LogP contribution is -2.29. The van der Waals surface area contributed by atoms with Crippen molar-refractivity contribution >= 4 is 0 Å². The molecule has 4 heteroatoms. The van der Waals surface area contributed by atoms with E-state index in [0.29, 0.717) is 13.1 Å². The zero-order chi connectivity index (χ0) is 13.7. The van der Waals surface area contributed by atoms with Gasteiger partial charge in [0.25, 0.3) is 5.56 Å². The normalized spacial score (nSPS) is 10.6. The predicted octanol–water partition coefficient (Wildman–Crippen LogP) is 2.04. The van der Waals surface area contributed by atoms with Crippen molar-refractivity contribution in [3.05, 3.63) is 52.3 Å². The fourth-order valence-corrected chi connectivity index (χ4v) is 1.95. The van der Waals surface area contributed by atoms with E-state index in [2.05, 4.69) is 10.4 Å². The second-order valence-corrected chi connectivity index (χ2v) is 4.32. The molecule has 0 aliphatic heterocycles. The number of rotatable bonds is 5. The van der Waals surface area contributed by atoms with Crippen molar-refractivity contribution in [2.24, 2.45) is 0 Å². The highest BCUT2D eigenvalue weighted by atomic mass is 16.1. The quantitative estimate of drug-likeness (QED) is 0.891. The van der Waals surface area contributed by atoms with Crippen molar-refractivity contribution in [3.63, 3.8) is 0 Å². The SMILES string of the molecule is CCNCc1cc(-c2ccccc2)nn(CC)c1=O. The summed E-state index contributed by atoms with van der Waals surface area (Å²) in [5.41, 5.74) is 2.62. The summed E-state index contributed by atoms with van der Waals surface area (Å²) >= 11 is 0. The Morgan fingerprint density at radius 1 is 1.21 bits per heavy atom. The summed E-state index contributed by atoms with van der Waals surface area (Å²) < 4.78 is 1.52. The molecule has 4 nitrogen and oxygen atoms in total. The second-order valence-electron chi connectivity index (χ2n) is 4.32. The summed E-state index contributed by atoms with van der Waals surface area (Å²) in [6, 6.07) is 11.8. The summed E-state index contributed by atoms with van der Waals surface area (Å²) in [4.78, 5) is 12.1. The minimum Gasteiger partial charge on any atom is -0.313 e. The Morgan fingerprint density at radius 3 is 2.58 bits per heavy atom. The van der Waals surface area contributed by atoms with Gasteiger partial charge in [-0.3, -0.25) is 4.79 Å². The molecular weight excluding hydrogens is 238 g/mol. The Balaban J connectivity index is 2.48. The molecule has 100 valence electrons. The molecule has 1 heterocycles. The third kappa shape index (κ3) is 3.09. The van der Waals surface area contributed by atoms with Gasteiger partial charge in [0.15, 0.2) is 0 Å². The molecular formula is C15H19N3O. The lowest BCUT2D eigenvalue weighted by molar-refractivity contribution is 0.600. The maximum absolute atomic E-state index is 12.1. The van der Waals surface area contributed by atoms with Crippen molar-refractivity contribution in [2.75, 3.05) is 6.54 Å². The number of benzene rings is 1. The van der Waals surface area contributed by atoms with E-state index in [0.717, 1.165) is 23.4 Å². The highest BCUT2D eigenvalue weighted by Gasteiger charge is 2.08. The average molecular weight is 257 g/mol. The van der Waals surface area contributed by atoms with Crippen LogP contribution in [0.15, 0.2) is 41.2 Å². The Kier molecular flexibility index (Phi) is 4.47. The molecule has 19 heavy (non-hydrogen) atoms. The molecule has 1 aromatic heterocycles. The Morgan fingerprint density at radius 2 is 1.95 bits per heavy atom. The first-order valence-electron chi connectivity index (χ1n) is 6.63. The summed E-state index contributed by atoms with van der Waals surface area (Å²) in [6.45, 7) is 5.96. The maximum Gasteiger partial charge on any atom is 0.271 e. The molecule has 2 aromatic rings. The molecule has 1 aromatic carbocycles. The van der Waals surface area contributed by atoms with Gasteiger partial charge in [-0.15, -0.1) is 0 Å². The largest absolute Gasteiger partial charge is 0.313 e. The van der Waals surface area contributed by atoms with Gasteiger partial charge in [0.2, 0.25) is 0 Å². The number of hydrogen-bond donors (Lipinski definition) is 1. The highest BCUT2D eigenvalue weighted by molar-refractivity contribution is 5.58. The maximum atomic E-state index is 12.1. The van der Waals surface area contributed by atoms with Crippen molar-refractivity contribution in [3.8, 4) is 11.3 Å². The molecule has 2 rings (SSSR count). The van der Waals surface area contributed by atoms with Gasteiger partial charge in [-0.25, -0.2) is 4.68 Å². The molecule has 0 aliphatic carbocycles. The Labute approximate surface area is 113 Å². The third-order valence-corrected chi connectivity index (χ3v) is 2.98. The van der Waals surface area contributed by atoms with E-state index in [1.54, 1.807) is 0 Å². The molecule has 0 spiro atoms. The number of aromatic nitrogens is 2. The fraction of sp³-hybridized carbons (Fsp3) is 0.333. The average Bonchev–Trinajstić information content (AvgIpc) is 2.47. The van der Waals surface area contributed by atoms with Crippen LogP contribution in [-0.2, 0) is 13.1 Å². The molecule has 1 N–H and O–H groups in total. The zero-order valence-electron chi connectivity index (χ0n) is 11.4. The third-order valence-electron chi connectivity index (χ3n) is 2.98. The van der Waals surface area contributed by atoms with Gasteiger partial charge in [0.05, 0.1) is 5.69 Å². The highest BCUT2D eigenvalue weighted by Crippen LogP contribution is 2.15. The lowest BCUT2D eigenvalue weighted by atomic mass is 10.1. The van der Waals surface area contributed by atoms with E-state index in [1.165, 1.54) is 4.68 Å². The van der Waals surface area contributed by atoms with Crippen LogP contribution in [0.2, 0.25) is 0 Å². The summed E-state index contributed by atoms with van der Waals surface area (Å²) in [7, 11) is 0. The summed E-state index contributed by atoms with van der Waals surface area (Å²) in [5.74, 6) is 0. The van der Waals surface area contributed by atoms with Crippen molar-refractivity contribution in [2.45, 2.75) is 26.9 Å². The topological polar surface area (TPSA) is 46.9 Å². The zero-order valence-corrected chi connectivity index (χ0v) is 11.4. The second kappa shape index (κ2) is 6.29. The van der Waals surface area contributed by atoms with Gasteiger partial charge >= 0.3 is 0 Å². The summed E-state index contributed by atoms with van der Waals surface area (Å²) in [5, 5.41) is 7.60. The fourth-order valence-electron chi connectivity index (χ4n) is 1.95. The Bertz CT molecular complexity index is 590. The first kappa shape index (κ1) is 13.5. The van der Waals surface area contributed by atoms with Crippen LogP contribution in [0.4, 0.5) is 0 Å². The predicted molar refractivity (Wildman–Crippen MR) is 77.0 cm³/mol. The Hall–Kier alpha value is -1.94.